The molecule has 0 spiro atoms. The molecule has 2 aromatic rings. The number of hydrogen-bond acceptors (Lipinski definition) is 3. The lowest BCUT2D eigenvalue weighted by molar-refractivity contribution is -0.132. The lowest BCUT2D eigenvalue weighted by atomic mass is 10.1. The summed E-state index contributed by atoms with van der Waals surface area (Å²) in [4.78, 5) is 28.6. The van der Waals surface area contributed by atoms with Crippen LogP contribution in [-0.2, 0) is 4.79 Å². The first-order valence-electron chi connectivity index (χ1n) is 9.55. The molecule has 0 atom stereocenters. The molecule has 2 amide bonds. The summed E-state index contributed by atoms with van der Waals surface area (Å²) >= 11 is 3.38. The van der Waals surface area contributed by atoms with Crippen LogP contribution in [0.4, 0.5) is 0 Å². The molecule has 1 aliphatic rings. The molecule has 1 aliphatic heterocycles. The van der Waals surface area contributed by atoms with Gasteiger partial charge < -0.3 is 14.5 Å². The van der Waals surface area contributed by atoms with E-state index in [2.05, 4.69) is 15.9 Å². The van der Waals surface area contributed by atoms with E-state index in [0.717, 1.165) is 10.2 Å². The monoisotopic (exact) mass is 444 g/mol. The number of carbonyl (C=O) groups excluding carboxylic acids is 2. The Morgan fingerprint density at radius 3 is 2.18 bits per heavy atom. The van der Waals surface area contributed by atoms with Crippen LogP contribution >= 0.6 is 15.9 Å². The number of amides is 2. The van der Waals surface area contributed by atoms with Crippen LogP contribution in [0.2, 0.25) is 0 Å². The van der Waals surface area contributed by atoms with Crippen molar-refractivity contribution in [2.24, 2.45) is 0 Å². The number of aryl methyl sites for hydroxylation is 1. The molecular weight excluding hydrogens is 420 g/mol. The highest BCUT2D eigenvalue weighted by atomic mass is 79.9. The van der Waals surface area contributed by atoms with Crippen molar-refractivity contribution >= 4 is 27.7 Å². The summed E-state index contributed by atoms with van der Waals surface area (Å²) in [6, 6.07) is 15.3. The molecule has 0 unspecified atom stereocenters. The zero-order valence-corrected chi connectivity index (χ0v) is 17.7. The van der Waals surface area contributed by atoms with Crippen LogP contribution in [0.1, 0.15) is 28.8 Å². The van der Waals surface area contributed by atoms with Gasteiger partial charge in [-0.05, 0) is 49.7 Å². The van der Waals surface area contributed by atoms with E-state index in [4.69, 9.17) is 4.74 Å². The first kappa shape index (κ1) is 20.4. The van der Waals surface area contributed by atoms with Crippen molar-refractivity contribution in [3.8, 4) is 5.75 Å². The Balaban J connectivity index is 1.38. The summed E-state index contributed by atoms with van der Waals surface area (Å²) in [7, 11) is 0. The molecule has 1 saturated heterocycles. The SMILES string of the molecule is Cc1ccc(OCCCC(=O)N2CCN(C(=O)c3ccc(Br)cc3)CC2)cc1. The Bertz CT molecular complexity index is 798. The average Bonchev–Trinajstić information content (AvgIpc) is 2.72. The van der Waals surface area contributed by atoms with Gasteiger partial charge in [0.1, 0.15) is 5.75 Å². The van der Waals surface area contributed by atoms with Gasteiger partial charge in [0.05, 0.1) is 6.61 Å². The first-order valence-corrected chi connectivity index (χ1v) is 10.3. The fraction of sp³-hybridized carbons (Fsp3) is 0.364. The summed E-state index contributed by atoms with van der Waals surface area (Å²) in [6.45, 7) is 4.87. The second-order valence-electron chi connectivity index (χ2n) is 6.94. The van der Waals surface area contributed by atoms with Crippen LogP contribution in [-0.4, -0.2) is 54.4 Å². The maximum absolute atomic E-state index is 12.5. The zero-order chi connectivity index (χ0) is 19.9. The highest BCUT2D eigenvalue weighted by Gasteiger charge is 2.24. The second-order valence-corrected chi connectivity index (χ2v) is 7.86. The van der Waals surface area contributed by atoms with E-state index < -0.39 is 0 Å². The largest absolute Gasteiger partial charge is 0.494 e. The molecule has 2 aromatic carbocycles. The lowest BCUT2D eigenvalue weighted by Gasteiger charge is -2.35. The van der Waals surface area contributed by atoms with Crippen molar-refractivity contribution in [1.82, 2.24) is 9.80 Å². The summed E-state index contributed by atoms with van der Waals surface area (Å²) < 4.78 is 6.63. The predicted molar refractivity (Wildman–Crippen MR) is 113 cm³/mol. The molecule has 6 heteroatoms. The molecule has 1 fully saturated rings. The minimum absolute atomic E-state index is 0.0195. The maximum Gasteiger partial charge on any atom is 0.253 e. The standard InChI is InChI=1S/C22H25BrN2O3/c1-17-4-10-20(11-5-17)28-16-2-3-21(26)24-12-14-25(15-13-24)22(27)18-6-8-19(23)9-7-18/h4-11H,2-3,12-16H2,1H3. The van der Waals surface area contributed by atoms with Gasteiger partial charge >= 0.3 is 0 Å². The van der Waals surface area contributed by atoms with Crippen molar-refractivity contribution in [2.75, 3.05) is 32.8 Å². The van der Waals surface area contributed by atoms with Crippen molar-refractivity contribution in [3.05, 3.63) is 64.1 Å². The number of hydrogen-bond donors (Lipinski definition) is 0. The molecule has 5 nitrogen and oxygen atoms in total. The number of nitrogens with zero attached hydrogens (tertiary/aromatic N) is 2. The van der Waals surface area contributed by atoms with E-state index >= 15 is 0 Å². The van der Waals surface area contributed by atoms with E-state index in [-0.39, 0.29) is 11.8 Å². The van der Waals surface area contributed by atoms with Crippen LogP contribution < -0.4 is 4.74 Å². The highest BCUT2D eigenvalue weighted by Crippen LogP contribution is 2.15. The molecule has 0 aliphatic carbocycles. The predicted octanol–water partition coefficient (Wildman–Crippen LogP) is 3.90. The van der Waals surface area contributed by atoms with Crippen molar-refractivity contribution < 1.29 is 14.3 Å². The van der Waals surface area contributed by atoms with E-state index in [1.54, 1.807) is 0 Å². The number of piperazine rings is 1. The Labute approximate surface area is 174 Å². The lowest BCUT2D eigenvalue weighted by Crippen LogP contribution is -2.50. The number of halogens is 1. The minimum atomic E-state index is 0.0195. The van der Waals surface area contributed by atoms with Crippen molar-refractivity contribution in [1.29, 1.82) is 0 Å². The van der Waals surface area contributed by atoms with Gasteiger partial charge in [0.2, 0.25) is 5.91 Å². The van der Waals surface area contributed by atoms with E-state index in [9.17, 15) is 9.59 Å². The molecule has 1 heterocycles. The van der Waals surface area contributed by atoms with Crippen molar-refractivity contribution in [3.63, 3.8) is 0 Å². The minimum Gasteiger partial charge on any atom is -0.494 e. The zero-order valence-electron chi connectivity index (χ0n) is 16.1. The fourth-order valence-electron chi connectivity index (χ4n) is 3.14. The van der Waals surface area contributed by atoms with E-state index in [1.807, 2.05) is 65.3 Å². The van der Waals surface area contributed by atoms with Gasteiger partial charge in [-0.1, -0.05) is 33.6 Å². The number of carbonyl (C=O) groups is 2. The van der Waals surface area contributed by atoms with Gasteiger partial charge in [0, 0.05) is 42.6 Å². The Kier molecular flexibility index (Phi) is 7.09. The normalized spacial score (nSPS) is 14.1. The van der Waals surface area contributed by atoms with Gasteiger partial charge in [-0.2, -0.15) is 0 Å². The third-order valence-corrected chi connectivity index (χ3v) is 5.36. The summed E-state index contributed by atoms with van der Waals surface area (Å²) in [5.74, 6) is 0.979. The molecular formula is C22H25BrN2O3. The van der Waals surface area contributed by atoms with Gasteiger partial charge in [-0.15, -0.1) is 0 Å². The smallest absolute Gasteiger partial charge is 0.253 e. The van der Waals surface area contributed by atoms with Gasteiger partial charge in [-0.25, -0.2) is 0 Å². The third-order valence-electron chi connectivity index (χ3n) is 4.84. The highest BCUT2D eigenvalue weighted by molar-refractivity contribution is 9.10. The number of ether oxygens (including phenoxy) is 1. The second kappa shape index (κ2) is 9.73. The fourth-order valence-corrected chi connectivity index (χ4v) is 3.40. The van der Waals surface area contributed by atoms with Gasteiger partial charge in [-0.3, -0.25) is 9.59 Å². The Morgan fingerprint density at radius 1 is 0.929 bits per heavy atom. The molecule has 0 radical (unpaired) electrons. The van der Waals surface area contributed by atoms with Crippen LogP contribution in [0.15, 0.2) is 53.0 Å². The van der Waals surface area contributed by atoms with E-state index in [0.29, 0.717) is 51.2 Å². The number of rotatable bonds is 6. The average molecular weight is 445 g/mol. The topological polar surface area (TPSA) is 49.9 Å². The van der Waals surface area contributed by atoms with Crippen LogP contribution in [0.5, 0.6) is 5.75 Å². The van der Waals surface area contributed by atoms with E-state index in [1.165, 1.54) is 5.56 Å². The molecule has 0 N–H and O–H groups in total. The van der Waals surface area contributed by atoms with Gasteiger partial charge in [0.25, 0.3) is 5.91 Å². The molecule has 0 aromatic heterocycles. The third kappa shape index (κ3) is 5.58. The molecule has 28 heavy (non-hydrogen) atoms. The molecule has 3 rings (SSSR count). The van der Waals surface area contributed by atoms with Gasteiger partial charge in [0.15, 0.2) is 0 Å². The summed E-state index contributed by atoms with van der Waals surface area (Å²) in [6.07, 6.45) is 1.15. The van der Waals surface area contributed by atoms with Crippen LogP contribution in [0.25, 0.3) is 0 Å². The quantitative estimate of drug-likeness (QED) is 0.634. The molecule has 148 valence electrons. The number of benzene rings is 2. The van der Waals surface area contributed by atoms with Crippen LogP contribution in [0, 0.1) is 6.92 Å². The summed E-state index contributed by atoms with van der Waals surface area (Å²) in [5, 5.41) is 0. The summed E-state index contributed by atoms with van der Waals surface area (Å²) in [5.41, 5.74) is 1.87. The molecule has 0 saturated carbocycles. The molecule has 0 bridgehead atoms. The first-order chi connectivity index (χ1) is 13.5. The Morgan fingerprint density at radius 2 is 1.54 bits per heavy atom. The Hall–Kier alpha value is -2.34. The van der Waals surface area contributed by atoms with Crippen molar-refractivity contribution in [2.45, 2.75) is 19.8 Å². The van der Waals surface area contributed by atoms with Crippen LogP contribution in [0.3, 0.4) is 0 Å². The maximum atomic E-state index is 12.5.